The van der Waals surface area contributed by atoms with Gasteiger partial charge in [-0.2, -0.15) is 0 Å². The van der Waals surface area contributed by atoms with E-state index in [9.17, 15) is 24.6 Å². The highest BCUT2D eigenvalue weighted by Gasteiger charge is 2.31. The summed E-state index contributed by atoms with van der Waals surface area (Å²) >= 11 is 0. The van der Waals surface area contributed by atoms with Gasteiger partial charge in [0.1, 0.15) is 18.7 Å². The molecule has 4 N–H and O–H groups in total. The van der Waals surface area contributed by atoms with E-state index in [0.717, 1.165) is 27.8 Å². The number of rotatable bonds is 11. The number of aliphatic carboxylic acids is 1. The number of aliphatic hydroxyl groups excluding tert-OH is 1. The zero-order valence-corrected chi connectivity index (χ0v) is 21.0. The van der Waals surface area contributed by atoms with Gasteiger partial charge in [-0.05, 0) is 34.9 Å². The minimum atomic E-state index is -1.49. The quantitative estimate of drug-likeness (QED) is 0.308. The Bertz CT molecular complexity index is 1240. The van der Waals surface area contributed by atoms with E-state index in [1.807, 2.05) is 83.8 Å². The summed E-state index contributed by atoms with van der Waals surface area (Å²) in [5.74, 6) is -2.26. The fourth-order valence-corrected chi connectivity index (χ4v) is 4.71. The fraction of sp³-hybridized carbons (Fsp3) is 0.276. The molecule has 3 aromatic carbocycles. The molecular formula is C29H31N3O6. The third kappa shape index (κ3) is 6.37. The van der Waals surface area contributed by atoms with Crippen LogP contribution in [0.25, 0.3) is 11.1 Å². The van der Waals surface area contributed by atoms with E-state index in [0.29, 0.717) is 6.54 Å². The van der Waals surface area contributed by atoms with Crippen LogP contribution < -0.4 is 10.6 Å². The van der Waals surface area contributed by atoms with E-state index >= 15 is 0 Å². The van der Waals surface area contributed by atoms with Crippen molar-refractivity contribution in [3.63, 3.8) is 0 Å². The van der Waals surface area contributed by atoms with E-state index in [1.165, 1.54) is 0 Å². The summed E-state index contributed by atoms with van der Waals surface area (Å²) in [7, 11) is 1.79. The van der Waals surface area contributed by atoms with Crippen LogP contribution in [0.1, 0.15) is 22.6 Å². The number of carboxylic acid groups (broad SMARTS) is 1. The lowest BCUT2D eigenvalue weighted by molar-refractivity contribution is -0.143. The van der Waals surface area contributed by atoms with Crippen LogP contribution in [0.5, 0.6) is 0 Å². The molecular weight excluding hydrogens is 486 g/mol. The van der Waals surface area contributed by atoms with Crippen LogP contribution in [-0.2, 0) is 20.9 Å². The van der Waals surface area contributed by atoms with E-state index in [-0.39, 0.29) is 19.1 Å². The number of aliphatic hydroxyl groups is 1. The molecule has 1 aliphatic carbocycles. The minimum Gasteiger partial charge on any atom is -0.480 e. The Balaban J connectivity index is 1.44. The van der Waals surface area contributed by atoms with E-state index in [4.69, 9.17) is 4.74 Å². The Labute approximate surface area is 221 Å². The first-order valence-corrected chi connectivity index (χ1v) is 12.4. The number of likely N-dealkylation sites (N-methyl/N-ethyl adjacent to an activating group) is 1. The third-order valence-electron chi connectivity index (χ3n) is 6.54. The van der Waals surface area contributed by atoms with Crippen LogP contribution in [0.3, 0.4) is 0 Å². The second-order valence-electron chi connectivity index (χ2n) is 9.29. The predicted molar refractivity (Wildman–Crippen MR) is 141 cm³/mol. The number of nitrogens with one attached hydrogen (secondary N) is 2. The molecule has 2 amide bonds. The first-order valence-electron chi connectivity index (χ1n) is 12.4. The number of ether oxygens (including phenoxy) is 1. The van der Waals surface area contributed by atoms with Crippen LogP contribution in [0.2, 0.25) is 0 Å². The average Bonchev–Trinajstić information content (AvgIpc) is 3.24. The molecule has 0 radical (unpaired) electrons. The van der Waals surface area contributed by atoms with Gasteiger partial charge in [0.25, 0.3) is 0 Å². The molecule has 38 heavy (non-hydrogen) atoms. The Morgan fingerprint density at radius 3 is 2.03 bits per heavy atom. The van der Waals surface area contributed by atoms with Gasteiger partial charge in [0.15, 0.2) is 0 Å². The highest BCUT2D eigenvalue weighted by Crippen LogP contribution is 2.44. The number of benzene rings is 3. The van der Waals surface area contributed by atoms with Gasteiger partial charge >= 0.3 is 12.1 Å². The highest BCUT2D eigenvalue weighted by atomic mass is 16.5. The second-order valence-corrected chi connectivity index (χ2v) is 9.29. The van der Waals surface area contributed by atoms with Crippen molar-refractivity contribution in [1.82, 2.24) is 15.5 Å². The Morgan fingerprint density at radius 1 is 0.868 bits per heavy atom. The van der Waals surface area contributed by atoms with E-state index in [1.54, 1.807) is 7.05 Å². The van der Waals surface area contributed by atoms with Crippen molar-refractivity contribution in [2.24, 2.45) is 0 Å². The summed E-state index contributed by atoms with van der Waals surface area (Å²) in [5, 5.41) is 23.4. The number of carbonyl (C=O) groups excluding carboxylic acids is 2. The monoisotopic (exact) mass is 517 g/mol. The number of amides is 2. The molecule has 0 saturated carbocycles. The predicted octanol–water partition coefficient (Wildman–Crippen LogP) is 2.59. The van der Waals surface area contributed by atoms with Gasteiger partial charge in [-0.15, -0.1) is 0 Å². The van der Waals surface area contributed by atoms with E-state index in [2.05, 4.69) is 10.6 Å². The second kappa shape index (κ2) is 12.4. The standard InChI is InChI=1S/C29H31N3O6/c1-32(15-19-9-3-2-4-10-19)16-25(27(34)30-26(17-33)28(35)36)31-29(37)38-18-24-22-13-7-5-11-20(22)21-12-6-8-14-23(21)24/h2-14,24-26,33H,15-18H2,1H3,(H,30,34)(H,31,37)(H,35,36)/t25?,26-/m1/s1. The molecule has 2 atom stereocenters. The summed E-state index contributed by atoms with van der Waals surface area (Å²) in [6.07, 6.45) is -0.795. The Morgan fingerprint density at radius 2 is 1.45 bits per heavy atom. The van der Waals surface area contributed by atoms with Crippen molar-refractivity contribution in [3.8, 4) is 11.1 Å². The van der Waals surface area contributed by atoms with Crippen molar-refractivity contribution in [1.29, 1.82) is 0 Å². The summed E-state index contributed by atoms with van der Waals surface area (Å²) in [4.78, 5) is 39.0. The smallest absolute Gasteiger partial charge is 0.407 e. The van der Waals surface area contributed by atoms with Gasteiger partial charge in [0.2, 0.25) is 5.91 Å². The van der Waals surface area contributed by atoms with Crippen LogP contribution in [0.4, 0.5) is 4.79 Å². The molecule has 198 valence electrons. The summed E-state index contributed by atoms with van der Waals surface area (Å²) < 4.78 is 5.58. The number of hydrogen-bond donors (Lipinski definition) is 4. The van der Waals surface area contributed by atoms with Crippen molar-refractivity contribution in [3.05, 3.63) is 95.6 Å². The molecule has 1 unspecified atom stereocenters. The van der Waals surface area contributed by atoms with Crippen molar-refractivity contribution >= 4 is 18.0 Å². The zero-order valence-electron chi connectivity index (χ0n) is 21.0. The zero-order chi connectivity index (χ0) is 27.1. The van der Waals surface area contributed by atoms with Crippen LogP contribution in [0, 0.1) is 0 Å². The minimum absolute atomic E-state index is 0.0719. The van der Waals surface area contributed by atoms with Crippen molar-refractivity contribution < 1.29 is 29.3 Å². The topological polar surface area (TPSA) is 128 Å². The first-order chi connectivity index (χ1) is 18.4. The molecule has 0 bridgehead atoms. The lowest BCUT2D eigenvalue weighted by Crippen LogP contribution is -2.56. The molecule has 4 rings (SSSR count). The maximum atomic E-state index is 12.9. The normalized spacial score (nSPS) is 13.8. The average molecular weight is 518 g/mol. The molecule has 9 heteroatoms. The van der Waals surface area contributed by atoms with Crippen LogP contribution in [0.15, 0.2) is 78.9 Å². The molecule has 0 heterocycles. The summed E-state index contributed by atoms with van der Waals surface area (Å²) in [6, 6.07) is 22.9. The number of carboxylic acids is 1. The number of carbonyl (C=O) groups is 3. The maximum Gasteiger partial charge on any atom is 0.407 e. The Kier molecular flexibility index (Phi) is 8.73. The lowest BCUT2D eigenvalue weighted by atomic mass is 9.98. The first kappa shape index (κ1) is 26.8. The van der Waals surface area contributed by atoms with Gasteiger partial charge in [-0.25, -0.2) is 9.59 Å². The van der Waals surface area contributed by atoms with Crippen LogP contribution in [-0.4, -0.2) is 72.0 Å². The molecule has 0 fully saturated rings. The van der Waals surface area contributed by atoms with Crippen LogP contribution >= 0.6 is 0 Å². The largest absolute Gasteiger partial charge is 0.480 e. The van der Waals surface area contributed by atoms with Gasteiger partial charge in [0.05, 0.1) is 6.61 Å². The molecule has 9 nitrogen and oxygen atoms in total. The van der Waals surface area contributed by atoms with Crippen molar-refractivity contribution in [2.75, 3.05) is 26.8 Å². The number of alkyl carbamates (subject to hydrolysis) is 1. The molecule has 0 aromatic heterocycles. The van der Waals surface area contributed by atoms with Gasteiger partial charge < -0.3 is 25.6 Å². The molecule has 0 aliphatic heterocycles. The third-order valence-corrected chi connectivity index (χ3v) is 6.54. The summed E-state index contributed by atoms with van der Waals surface area (Å²) in [5.41, 5.74) is 5.33. The summed E-state index contributed by atoms with van der Waals surface area (Å²) in [6.45, 7) is -0.122. The SMILES string of the molecule is CN(Cc1ccccc1)CC(NC(=O)OCC1c2ccccc2-c2ccccc21)C(=O)N[C@H](CO)C(=O)O. The molecule has 0 saturated heterocycles. The number of hydrogen-bond acceptors (Lipinski definition) is 6. The number of nitrogens with zero attached hydrogens (tertiary/aromatic N) is 1. The number of fused-ring (bicyclic) bond motifs is 3. The van der Waals surface area contributed by atoms with Crippen molar-refractivity contribution in [2.45, 2.75) is 24.5 Å². The van der Waals surface area contributed by atoms with Gasteiger partial charge in [-0.3, -0.25) is 9.69 Å². The Hall–Kier alpha value is -4.21. The fourth-order valence-electron chi connectivity index (χ4n) is 4.71. The van der Waals surface area contributed by atoms with E-state index < -0.39 is 36.7 Å². The maximum absolute atomic E-state index is 12.9. The van der Waals surface area contributed by atoms with Gasteiger partial charge in [0, 0.05) is 19.0 Å². The lowest BCUT2D eigenvalue weighted by Gasteiger charge is -2.25. The highest BCUT2D eigenvalue weighted by molar-refractivity contribution is 5.89. The molecule has 3 aromatic rings. The molecule has 1 aliphatic rings. The van der Waals surface area contributed by atoms with Gasteiger partial charge in [-0.1, -0.05) is 78.9 Å². The molecule has 0 spiro atoms.